The molecule has 1 saturated heterocycles. The van der Waals surface area contributed by atoms with Gasteiger partial charge < -0.3 is 0 Å². The van der Waals surface area contributed by atoms with Gasteiger partial charge in [-0.05, 0) is 23.8 Å². The molecule has 1 atom stereocenters. The average molecular weight is 226 g/mol. The van der Waals surface area contributed by atoms with Gasteiger partial charge in [0, 0.05) is 18.8 Å². The van der Waals surface area contributed by atoms with Gasteiger partial charge in [-0.15, -0.1) is 0 Å². The number of benzene rings is 1. The molecule has 2 aromatic rings. The number of hydroxylamine groups is 1. The molecule has 1 aliphatic rings. The summed E-state index contributed by atoms with van der Waals surface area (Å²) in [5, 5.41) is 1.98. The van der Waals surface area contributed by atoms with Crippen molar-refractivity contribution < 1.29 is 4.84 Å². The fraction of sp³-hybridized carbons (Fsp3) is 0.214. The lowest BCUT2D eigenvalue weighted by molar-refractivity contribution is 0.159. The second-order valence-electron chi connectivity index (χ2n) is 4.09. The van der Waals surface area contributed by atoms with E-state index in [-0.39, 0.29) is 6.04 Å². The van der Waals surface area contributed by atoms with Crippen LogP contribution in [0.25, 0.3) is 0 Å². The maximum Gasteiger partial charge on any atom is 0.0853 e. The summed E-state index contributed by atoms with van der Waals surface area (Å²) in [4.78, 5) is 9.89. The van der Waals surface area contributed by atoms with Crippen molar-refractivity contribution in [2.45, 2.75) is 12.5 Å². The Hall–Kier alpha value is -1.87. The summed E-state index contributed by atoms with van der Waals surface area (Å²) >= 11 is 0. The summed E-state index contributed by atoms with van der Waals surface area (Å²) in [7, 11) is 0. The van der Waals surface area contributed by atoms with Crippen molar-refractivity contribution in [3.63, 3.8) is 0 Å². The Morgan fingerprint density at radius 2 is 2.00 bits per heavy atom. The van der Waals surface area contributed by atoms with Crippen molar-refractivity contribution in [1.82, 2.24) is 4.98 Å². The SMILES string of the molecule is c1ccc(N2OCCC2c2cccnc2)cc1. The van der Waals surface area contributed by atoms with Gasteiger partial charge in [0.2, 0.25) is 0 Å². The monoisotopic (exact) mass is 226 g/mol. The molecule has 0 spiro atoms. The predicted octanol–water partition coefficient (Wildman–Crippen LogP) is 2.96. The third-order valence-corrected chi connectivity index (χ3v) is 2.98. The fourth-order valence-corrected chi connectivity index (χ4v) is 2.17. The molecule has 1 aliphatic heterocycles. The molecule has 0 bridgehead atoms. The van der Waals surface area contributed by atoms with Gasteiger partial charge in [0.1, 0.15) is 0 Å². The summed E-state index contributed by atoms with van der Waals surface area (Å²) in [6.45, 7) is 0.758. The zero-order valence-corrected chi connectivity index (χ0v) is 9.49. The average Bonchev–Trinajstić information content (AvgIpc) is 2.90. The molecule has 1 aromatic heterocycles. The lowest BCUT2D eigenvalue weighted by Gasteiger charge is -2.24. The number of para-hydroxylation sites is 1. The van der Waals surface area contributed by atoms with Crippen LogP contribution >= 0.6 is 0 Å². The first kappa shape index (κ1) is 10.3. The molecule has 86 valence electrons. The summed E-state index contributed by atoms with van der Waals surface area (Å²) in [5.41, 5.74) is 2.30. The van der Waals surface area contributed by atoms with Gasteiger partial charge in [0.25, 0.3) is 0 Å². The number of hydrogen-bond acceptors (Lipinski definition) is 3. The smallest absolute Gasteiger partial charge is 0.0853 e. The van der Waals surface area contributed by atoms with Crippen LogP contribution in [0.3, 0.4) is 0 Å². The van der Waals surface area contributed by atoms with Crippen molar-refractivity contribution in [1.29, 1.82) is 0 Å². The van der Waals surface area contributed by atoms with Gasteiger partial charge in [0.15, 0.2) is 0 Å². The van der Waals surface area contributed by atoms with Crippen molar-refractivity contribution >= 4 is 5.69 Å². The zero-order chi connectivity index (χ0) is 11.5. The number of pyridine rings is 1. The zero-order valence-electron chi connectivity index (χ0n) is 9.49. The number of hydrogen-bond donors (Lipinski definition) is 0. The highest BCUT2D eigenvalue weighted by Gasteiger charge is 2.27. The van der Waals surface area contributed by atoms with E-state index in [4.69, 9.17) is 4.84 Å². The lowest BCUT2D eigenvalue weighted by atomic mass is 10.1. The van der Waals surface area contributed by atoms with Gasteiger partial charge in [0.05, 0.1) is 18.3 Å². The van der Waals surface area contributed by atoms with E-state index >= 15 is 0 Å². The van der Waals surface area contributed by atoms with E-state index in [2.05, 4.69) is 23.2 Å². The van der Waals surface area contributed by atoms with Crippen molar-refractivity contribution in [3.8, 4) is 0 Å². The van der Waals surface area contributed by atoms with Crippen LogP contribution in [0.1, 0.15) is 18.0 Å². The molecule has 3 nitrogen and oxygen atoms in total. The first-order chi connectivity index (χ1) is 8.45. The first-order valence-corrected chi connectivity index (χ1v) is 5.82. The topological polar surface area (TPSA) is 25.4 Å². The fourth-order valence-electron chi connectivity index (χ4n) is 2.17. The maximum absolute atomic E-state index is 5.71. The van der Waals surface area contributed by atoms with Crippen LogP contribution in [0.15, 0.2) is 54.9 Å². The molecule has 0 radical (unpaired) electrons. The first-order valence-electron chi connectivity index (χ1n) is 5.82. The van der Waals surface area contributed by atoms with E-state index in [0.717, 1.165) is 18.7 Å². The van der Waals surface area contributed by atoms with E-state index in [9.17, 15) is 0 Å². The molecule has 3 rings (SSSR count). The quantitative estimate of drug-likeness (QED) is 0.787. The molecule has 0 N–H and O–H groups in total. The van der Waals surface area contributed by atoms with E-state index < -0.39 is 0 Å². The second-order valence-corrected chi connectivity index (χ2v) is 4.09. The van der Waals surface area contributed by atoms with Gasteiger partial charge in [-0.1, -0.05) is 24.3 Å². The minimum atomic E-state index is 0.270. The molecular weight excluding hydrogens is 212 g/mol. The largest absolute Gasteiger partial charge is 0.273 e. The number of rotatable bonds is 2. The van der Waals surface area contributed by atoms with Crippen LogP contribution in [0.4, 0.5) is 5.69 Å². The normalized spacial score (nSPS) is 19.5. The summed E-state index contributed by atoms with van der Waals surface area (Å²) in [5.74, 6) is 0. The Kier molecular flexibility index (Phi) is 2.76. The summed E-state index contributed by atoms with van der Waals surface area (Å²) in [6.07, 6.45) is 4.71. The highest BCUT2D eigenvalue weighted by Crippen LogP contribution is 2.34. The van der Waals surface area contributed by atoms with Crippen LogP contribution in [0.2, 0.25) is 0 Å². The molecule has 1 fully saturated rings. The highest BCUT2D eigenvalue weighted by molar-refractivity contribution is 5.46. The van der Waals surface area contributed by atoms with E-state index in [0.29, 0.717) is 0 Å². The molecule has 0 saturated carbocycles. The molecular formula is C14H14N2O. The molecule has 2 heterocycles. The lowest BCUT2D eigenvalue weighted by Crippen LogP contribution is -2.21. The Morgan fingerprint density at radius 1 is 1.12 bits per heavy atom. The second kappa shape index (κ2) is 4.55. The van der Waals surface area contributed by atoms with Gasteiger partial charge in [-0.3, -0.25) is 9.82 Å². The van der Waals surface area contributed by atoms with Crippen LogP contribution in [0.5, 0.6) is 0 Å². The standard InChI is InChI=1S/C14H14N2O/c1-2-6-13(7-3-1)16-14(8-10-17-16)12-5-4-9-15-11-12/h1-7,9,11,14H,8,10H2. The Labute approximate surface area is 101 Å². The van der Waals surface area contributed by atoms with Crippen molar-refractivity contribution in [2.75, 3.05) is 11.7 Å². The minimum absolute atomic E-state index is 0.270. The molecule has 17 heavy (non-hydrogen) atoms. The van der Waals surface area contributed by atoms with E-state index in [1.54, 1.807) is 6.20 Å². The molecule has 1 aromatic carbocycles. The molecule has 3 heteroatoms. The number of aromatic nitrogens is 1. The van der Waals surface area contributed by atoms with Crippen LogP contribution in [-0.4, -0.2) is 11.6 Å². The summed E-state index contributed by atoms with van der Waals surface area (Å²) in [6, 6.07) is 14.5. The minimum Gasteiger partial charge on any atom is -0.273 e. The Balaban J connectivity index is 1.91. The van der Waals surface area contributed by atoms with Gasteiger partial charge >= 0.3 is 0 Å². The number of anilines is 1. The molecule has 0 aliphatic carbocycles. The highest BCUT2D eigenvalue weighted by atomic mass is 16.7. The number of nitrogens with zero attached hydrogens (tertiary/aromatic N) is 2. The van der Waals surface area contributed by atoms with Crippen LogP contribution in [0, 0.1) is 0 Å². The van der Waals surface area contributed by atoms with E-state index in [1.165, 1.54) is 5.56 Å². The third kappa shape index (κ3) is 2.01. The van der Waals surface area contributed by atoms with Gasteiger partial charge in [-0.2, -0.15) is 0 Å². The third-order valence-electron chi connectivity index (χ3n) is 2.98. The maximum atomic E-state index is 5.71. The predicted molar refractivity (Wildman–Crippen MR) is 66.5 cm³/mol. The molecule has 0 amide bonds. The van der Waals surface area contributed by atoms with Gasteiger partial charge in [-0.25, -0.2) is 5.06 Å². The summed E-state index contributed by atoms with van der Waals surface area (Å²) < 4.78 is 0. The van der Waals surface area contributed by atoms with Crippen molar-refractivity contribution in [3.05, 3.63) is 60.4 Å². The Bertz CT molecular complexity index is 427. The van der Waals surface area contributed by atoms with Crippen LogP contribution in [-0.2, 0) is 4.84 Å². The van der Waals surface area contributed by atoms with Crippen LogP contribution < -0.4 is 5.06 Å². The van der Waals surface area contributed by atoms with Crippen molar-refractivity contribution in [2.24, 2.45) is 0 Å². The Morgan fingerprint density at radius 3 is 2.76 bits per heavy atom. The van der Waals surface area contributed by atoms with E-state index in [1.807, 2.05) is 35.5 Å². The molecule has 1 unspecified atom stereocenters.